The lowest BCUT2D eigenvalue weighted by molar-refractivity contribution is -0.140. The summed E-state index contributed by atoms with van der Waals surface area (Å²) in [6, 6.07) is 27.7. The summed E-state index contributed by atoms with van der Waals surface area (Å²) in [5.74, 6) is -0.321. The van der Waals surface area contributed by atoms with Crippen LogP contribution < -0.4 is 14.4 Å². The minimum absolute atomic E-state index is 0.0361. The summed E-state index contributed by atoms with van der Waals surface area (Å²) in [5, 5.41) is 3.89. The van der Waals surface area contributed by atoms with Crippen molar-refractivity contribution in [3.8, 4) is 5.75 Å². The topological polar surface area (TPSA) is 96.0 Å². The number of nitrogens with zero attached hydrogens (tertiary/aromatic N) is 2. The zero-order chi connectivity index (χ0) is 33.8. The van der Waals surface area contributed by atoms with Gasteiger partial charge in [0.15, 0.2) is 0 Å². The van der Waals surface area contributed by atoms with Gasteiger partial charge in [-0.3, -0.25) is 13.9 Å². The molecule has 248 valence electrons. The van der Waals surface area contributed by atoms with Gasteiger partial charge in [-0.15, -0.1) is 0 Å². The van der Waals surface area contributed by atoms with Crippen molar-refractivity contribution in [2.75, 3.05) is 24.0 Å². The number of hydrogen-bond acceptors (Lipinski definition) is 5. The molecule has 1 atom stereocenters. The summed E-state index contributed by atoms with van der Waals surface area (Å²) in [5.41, 5.74) is 1.85. The predicted molar refractivity (Wildman–Crippen MR) is 187 cm³/mol. The van der Waals surface area contributed by atoms with E-state index in [2.05, 4.69) is 5.32 Å². The number of halogens is 2. The minimum atomic E-state index is -4.26. The lowest BCUT2D eigenvalue weighted by Crippen LogP contribution is -2.53. The molecule has 0 spiro atoms. The summed E-state index contributed by atoms with van der Waals surface area (Å²) in [6.07, 6.45) is 1.89. The molecule has 0 bridgehead atoms. The van der Waals surface area contributed by atoms with Crippen LogP contribution in [0.5, 0.6) is 5.75 Å². The fourth-order valence-corrected chi connectivity index (χ4v) is 6.65. The summed E-state index contributed by atoms with van der Waals surface area (Å²) < 4.78 is 34.9. The molecule has 0 unspecified atom stereocenters. The van der Waals surface area contributed by atoms with Crippen molar-refractivity contribution in [3.63, 3.8) is 0 Å². The van der Waals surface area contributed by atoms with Crippen LogP contribution in [-0.2, 0) is 32.6 Å². The average molecular weight is 697 g/mol. The van der Waals surface area contributed by atoms with E-state index in [0.717, 1.165) is 28.3 Å². The highest BCUT2D eigenvalue weighted by atomic mass is 35.5. The number of sulfonamides is 1. The van der Waals surface area contributed by atoms with Gasteiger partial charge in [-0.05, 0) is 85.1 Å². The van der Waals surface area contributed by atoms with E-state index in [9.17, 15) is 18.0 Å². The molecule has 47 heavy (non-hydrogen) atoms. The predicted octanol–water partition coefficient (Wildman–Crippen LogP) is 7.14. The van der Waals surface area contributed by atoms with Gasteiger partial charge in [0.25, 0.3) is 10.0 Å². The van der Waals surface area contributed by atoms with E-state index in [4.69, 9.17) is 27.9 Å². The number of rotatable bonds is 16. The highest BCUT2D eigenvalue weighted by molar-refractivity contribution is 7.92. The van der Waals surface area contributed by atoms with E-state index < -0.39 is 28.5 Å². The van der Waals surface area contributed by atoms with Gasteiger partial charge >= 0.3 is 0 Å². The number of ether oxygens (including phenoxy) is 1. The molecule has 4 aromatic rings. The fourth-order valence-electron chi connectivity index (χ4n) is 4.98. The molecule has 0 aliphatic rings. The van der Waals surface area contributed by atoms with E-state index in [-0.39, 0.29) is 29.5 Å². The number of carbonyl (C=O) groups is 2. The van der Waals surface area contributed by atoms with Crippen LogP contribution >= 0.6 is 23.2 Å². The molecule has 0 aliphatic heterocycles. The number of anilines is 1. The molecule has 4 rings (SSSR count). The van der Waals surface area contributed by atoms with Gasteiger partial charge in [-0.1, -0.05) is 79.0 Å². The Labute approximate surface area is 287 Å². The molecule has 0 aliphatic carbocycles. The standard InChI is InChI=1S/C36H39Cl2N3O5S/c1-3-5-23-39-36(43)34(24-27-9-7-6-8-10-27)40(25-28-11-13-29(37)14-12-28)35(42)26-41(31-17-19-32(20-18-31)46-4-2)47(44,45)33-21-15-30(38)16-22-33/h6-22,34H,3-5,23-26H2,1-2H3,(H,39,43)/t34-/m1/s1. The van der Waals surface area contributed by atoms with E-state index in [1.807, 2.05) is 44.2 Å². The summed E-state index contributed by atoms with van der Waals surface area (Å²) in [4.78, 5) is 29.8. The first-order valence-electron chi connectivity index (χ1n) is 15.5. The van der Waals surface area contributed by atoms with Crippen LogP contribution in [0, 0.1) is 0 Å². The summed E-state index contributed by atoms with van der Waals surface area (Å²) >= 11 is 12.2. The Morgan fingerprint density at radius 1 is 0.809 bits per heavy atom. The maximum absolute atomic E-state index is 14.5. The third kappa shape index (κ3) is 9.97. The SMILES string of the molecule is CCCCNC(=O)[C@@H](Cc1ccccc1)N(Cc1ccc(Cl)cc1)C(=O)CN(c1ccc(OCC)cc1)S(=O)(=O)c1ccc(Cl)cc1. The molecule has 0 heterocycles. The average Bonchev–Trinajstić information content (AvgIpc) is 3.07. The third-order valence-corrected chi connectivity index (χ3v) is 9.78. The van der Waals surface area contributed by atoms with Gasteiger partial charge in [0.2, 0.25) is 11.8 Å². The van der Waals surface area contributed by atoms with Crippen LogP contribution in [0.2, 0.25) is 10.0 Å². The second kappa shape index (κ2) is 17.2. The lowest BCUT2D eigenvalue weighted by atomic mass is 10.0. The molecular weight excluding hydrogens is 657 g/mol. The Morgan fingerprint density at radius 3 is 2.02 bits per heavy atom. The molecule has 4 aromatic carbocycles. The first-order chi connectivity index (χ1) is 22.6. The number of amides is 2. The van der Waals surface area contributed by atoms with Crippen molar-refractivity contribution in [2.24, 2.45) is 0 Å². The van der Waals surface area contributed by atoms with Gasteiger partial charge in [0.1, 0.15) is 18.3 Å². The zero-order valence-electron chi connectivity index (χ0n) is 26.4. The van der Waals surface area contributed by atoms with Crippen molar-refractivity contribution in [1.82, 2.24) is 10.2 Å². The molecule has 0 saturated carbocycles. The molecular formula is C36H39Cl2N3O5S. The molecule has 0 aromatic heterocycles. The van der Waals surface area contributed by atoms with Crippen molar-refractivity contribution < 1.29 is 22.7 Å². The van der Waals surface area contributed by atoms with Gasteiger partial charge in [0, 0.05) is 29.6 Å². The van der Waals surface area contributed by atoms with Gasteiger partial charge in [-0.2, -0.15) is 0 Å². The largest absolute Gasteiger partial charge is 0.494 e. The lowest BCUT2D eigenvalue weighted by Gasteiger charge is -2.34. The van der Waals surface area contributed by atoms with Crippen molar-refractivity contribution >= 4 is 50.7 Å². The third-order valence-electron chi connectivity index (χ3n) is 7.48. The molecule has 8 nitrogen and oxygen atoms in total. The minimum Gasteiger partial charge on any atom is -0.494 e. The van der Waals surface area contributed by atoms with E-state index >= 15 is 0 Å². The first kappa shape index (κ1) is 35.8. The number of benzene rings is 4. The van der Waals surface area contributed by atoms with Gasteiger partial charge < -0.3 is 15.0 Å². The highest BCUT2D eigenvalue weighted by Crippen LogP contribution is 2.28. The number of nitrogens with one attached hydrogen (secondary N) is 1. The number of carbonyl (C=O) groups excluding carboxylic acids is 2. The molecule has 0 radical (unpaired) electrons. The van der Waals surface area contributed by atoms with Crippen LogP contribution in [0.25, 0.3) is 0 Å². The van der Waals surface area contributed by atoms with E-state index in [1.54, 1.807) is 48.5 Å². The summed E-state index contributed by atoms with van der Waals surface area (Å²) in [7, 11) is -4.26. The van der Waals surface area contributed by atoms with Crippen LogP contribution in [0.3, 0.4) is 0 Å². The monoisotopic (exact) mass is 695 g/mol. The Balaban J connectivity index is 1.78. The molecule has 0 saturated heterocycles. The summed E-state index contributed by atoms with van der Waals surface area (Å²) in [6.45, 7) is 4.25. The number of hydrogen-bond donors (Lipinski definition) is 1. The van der Waals surface area contributed by atoms with Gasteiger partial charge in [-0.25, -0.2) is 8.42 Å². The highest BCUT2D eigenvalue weighted by Gasteiger charge is 2.34. The Hall–Kier alpha value is -4.05. The maximum atomic E-state index is 14.5. The van der Waals surface area contributed by atoms with Crippen molar-refractivity contribution in [3.05, 3.63) is 124 Å². The Morgan fingerprint density at radius 2 is 1.43 bits per heavy atom. The second-order valence-corrected chi connectivity index (χ2v) is 13.6. The first-order valence-corrected chi connectivity index (χ1v) is 17.7. The van der Waals surface area contributed by atoms with Crippen LogP contribution in [-0.4, -0.2) is 50.9 Å². The molecule has 1 N–H and O–H groups in total. The number of unbranched alkanes of at least 4 members (excludes halogenated alkanes) is 1. The second-order valence-electron chi connectivity index (χ2n) is 10.9. The Bertz CT molecular complexity index is 1700. The van der Waals surface area contributed by atoms with Crippen molar-refractivity contribution in [2.45, 2.75) is 50.6 Å². The molecule has 11 heteroatoms. The van der Waals surface area contributed by atoms with Gasteiger partial charge in [0.05, 0.1) is 17.2 Å². The van der Waals surface area contributed by atoms with E-state index in [1.165, 1.54) is 29.2 Å². The molecule has 0 fully saturated rings. The quantitative estimate of drug-likeness (QED) is 0.126. The van der Waals surface area contributed by atoms with Crippen LogP contribution in [0.1, 0.15) is 37.8 Å². The van der Waals surface area contributed by atoms with E-state index in [0.29, 0.717) is 28.9 Å². The maximum Gasteiger partial charge on any atom is 0.264 e. The van der Waals surface area contributed by atoms with Crippen LogP contribution in [0.4, 0.5) is 5.69 Å². The molecule has 2 amide bonds. The van der Waals surface area contributed by atoms with Crippen LogP contribution in [0.15, 0.2) is 108 Å². The Kier molecular flexibility index (Phi) is 13.1. The van der Waals surface area contributed by atoms with Crippen molar-refractivity contribution in [1.29, 1.82) is 0 Å². The zero-order valence-corrected chi connectivity index (χ0v) is 28.8. The smallest absolute Gasteiger partial charge is 0.264 e. The normalized spacial score (nSPS) is 11.8. The fraction of sp³-hybridized carbons (Fsp3) is 0.278.